The third kappa shape index (κ3) is 2.79. The molecule has 6 heteroatoms. The van der Waals surface area contributed by atoms with Gasteiger partial charge in [0.1, 0.15) is 5.52 Å². The van der Waals surface area contributed by atoms with Gasteiger partial charge < -0.3 is 14.3 Å². The standard InChI is InChI=1S/C15H13N3O3/c1-20-14-7-6-10(8-12(14)19)9-16-18-15-17-11-4-2-3-5-13(11)21-15/h2-9,19H,1H3,(H,17,18)/b16-9-. The number of aromatic nitrogens is 1. The molecule has 1 heterocycles. The summed E-state index contributed by atoms with van der Waals surface area (Å²) >= 11 is 0. The average molecular weight is 283 g/mol. The number of hydrogen-bond donors (Lipinski definition) is 2. The minimum absolute atomic E-state index is 0.0586. The summed E-state index contributed by atoms with van der Waals surface area (Å²) in [5.41, 5.74) is 4.88. The number of ether oxygens (including phenoxy) is 1. The second-order valence-electron chi connectivity index (χ2n) is 4.29. The number of aromatic hydroxyl groups is 1. The van der Waals surface area contributed by atoms with Crippen LogP contribution in [0, 0.1) is 0 Å². The summed E-state index contributed by atoms with van der Waals surface area (Å²) in [4.78, 5) is 4.23. The Morgan fingerprint density at radius 2 is 2.14 bits per heavy atom. The van der Waals surface area contributed by atoms with Gasteiger partial charge in [0.2, 0.25) is 0 Å². The van der Waals surface area contributed by atoms with Gasteiger partial charge in [0, 0.05) is 0 Å². The highest BCUT2D eigenvalue weighted by Crippen LogP contribution is 2.25. The average Bonchev–Trinajstić information content (AvgIpc) is 2.90. The molecule has 3 rings (SSSR count). The van der Waals surface area contributed by atoms with E-state index in [4.69, 9.17) is 9.15 Å². The molecule has 0 bridgehead atoms. The fourth-order valence-electron chi connectivity index (χ4n) is 1.87. The maximum absolute atomic E-state index is 9.67. The molecule has 0 aliphatic carbocycles. The quantitative estimate of drug-likeness (QED) is 0.568. The van der Waals surface area contributed by atoms with E-state index in [9.17, 15) is 5.11 Å². The number of hydrogen-bond acceptors (Lipinski definition) is 6. The summed E-state index contributed by atoms with van der Waals surface area (Å²) in [7, 11) is 1.50. The van der Waals surface area contributed by atoms with Crippen molar-refractivity contribution in [2.75, 3.05) is 12.5 Å². The van der Waals surface area contributed by atoms with Gasteiger partial charge in [0.05, 0.1) is 13.3 Å². The molecule has 0 aliphatic heterocycles. The summed E-state index contributed by atoms with van der Waals surface area (Å²) < 4.78 is 10.4. The van der Waals surface area contributed by atoms with Crippen LogP contribution in [0.4, 0.5) is 6.01 Å². The maximum atomic E-state index is 9.67. The highest BCUT2D eigenvalue weighted by Gasteiger charge is 2.03. The number of rotatable bonds is 4. The molecule has 0 atom stereocenters. The Labute approximate surface area is 120 Å². The van der Waals surface area contributed by atoms with Crippen molar-refractivity contribution in [1.29, 1.82) is 0 Å². The minimum Gasteiger partial charge on any atom is -0.504 e. The summed E-state index contributed by atoms with van der Waals surface area (Å²) in [5, 5.41) is 13.7. The van der Waals surface area contributed by atoms with Crippen molar-refractivity contribution in [2.24, 2.45) is 5.10 Å². The molecule has 0 fully saturated rings. The van der Waals surface area contributed by atoms with Crippen molar-refractivity contribution >= 4 is 23.3 Å². The van der Waals surface area contributed by atoms with Crippen LogP contribution in [0.25, 0.3) is 11.1 Å². The van der Waals surface area contributed by atoms with Crippen LogP contribution in [0.2, 0.25) is 0 Å². The monoisotopic (exact) mass is 283 g/mol. The number of nitrogens with zero attached hydrogens (tertiary/aromatic N) is 2. The zero-order chi connectivity index (χ0) is 14.7. The van der Waals surface area contributed by atoms with Crippen molar-refractivity contribution in [3.63, 3.8) is 0 Å². The van der Waals surface area contributed by atoms with E-state index < -0.39 is 0 Å². The second kappa shape index (κ2) is 5.54. The van der Waals surface area contributed by atoms with Gasteiger partial charge >= 0.3 is 6.01 Å². The van der Waals surface area contributed by atoms with E-state index in [0.717, 1.165) is 11.1 Å². The van der Waals surface area contributed by atoms with E-state index in [1.54, 1.807) is 24.4 Å². The number of para-hydroxylation sites is 2. The number of fused-ring (bicyclic) bond motifs is 1. The molecule has 0 spiro atoms. The molecule has 2 aromatic carbocycles. The highest BCUT2D eigenvalue weighted by atomic mass is 16.5. The first kappa shape index (κ1) is 13.0. The van der Waals surface area contributed by atoms with Gasteiger partial charge in [-0.25, -0.2) is 5.43 Å². The smallest absolute Gasteiger partial charge is 0.316 e. The summed E-state index contributed by atoms with van der Waals surface area (Å²) in [6.07, 6.45) is 1.55. The molecule has 0 saturated carbocycles. The van der Waals surface area contributed by atoms with Gasteiger partial charge in [-0.2, -0.15) is 10.1 Å². The van der Waals surface area contributed by atoms with Crippen LogP contribution in [0.3, 0.4) is 0 Å². The first-order valence-corrected chi connectivity index (χ1v) is 6.28. The number of methoxy groups -OCH3 is 1. The van der Waals surface area contributed by atoms with Gasteiger partial charge in [-0.15, -0.1) is 0 Å². The Bertz CT molecular complexity index is 763. The Hall–Kier alpha value is -3.02. The lowest BCUT2D eigenvalue weighted by molar-refractivity contribution is 0.373. The Balaban J connectivity index is 1.73. The Morgan fingerprint density at radius 3 is 2.90 bits per heavy atom. The van der Waals surface area contributed by atoms with E-state index in [0.29, 0.717) is 17.3 Å². The van der Waals surface area contributed by atoms with Crippen molar-refractivity contribution in [2.45, 2.75) is 0 Å². The van der Waals surface area contributed by atoms with Gasteiger partial charge in [-0.3, -0.25) is 0 Å². The van der Waals surface area contributed by atoms with Crippen molar-refractivity contribution in [1.82, 2.24) is 4.98 Å². The second-order valence-corrected chi connectivity index (χ2v) is 4.29. The van der Waals surface area contributed by atoms with Crippen molar-refractivity contribution in [3.05, 3.63) is 48.0 Å². The number of hydrazone groups is 1. The maximum Gasteiger partial charge on any atom is 0.316 e. The van der Waals surface area contributed by atoms with Gasteiger partial charge in [-0.1, -0.05) is 12.1 Å². The lowest BCUT2D eigenvalue weighted by Gasteiger charge is -2.02. The van der Waals surface area contributed by atoms with Gasteiger partial charge in [0.25, 0.3) is 0 Å². The molecule has 0 saturated heterocycles. The highest BCUT2D eigenvalue weighted by molar-refractivity contribution is 5.81. The molecule has 106 valence electrons. The lowest BCUT2D eigenvalue weighted by atomic mass is 10.2. The zero-order valence-electron chi connectivity index (χ0n) is 11.3. The molecule has 0 aliphatic rings. The number of benzene rings is 2. The van der Waals surface area contributed by atoms with Crippen LogP contribution in [0.1, 0.15) is 5.56 Å². The lowest BCUT2D eigenvalue weighted by Crippen LogP contribution is -1.91. The predicted molar refractivity (Wildman–Crippen MR) is 79.9 cm³/mol. The summed E-state index contributed by atoms with van der Waals surface area (Å²) in [6, 6.07) is 12.7. The van der Waals surface area contributed by atoms with E-state index in [2.05, 4.69) is 15.5 Å². The molecule has 3 aromatic rings. The number of oxazole rings is 1. The number of phenols is 1. The molecule has 21 heavy (non-hydrogen) atoms. The fourth-order valence-corrected chi connectivity index (χ4v) is 1.87. The molecule has 6 nitrogen and oxygen atoms in total. The van der Waals surface area contributed by atoms with Crippen molar-refractivity contribution in [3.8, 4) is 11.5 Å². The number of anilines is 1. The topological polar surface area (TPSA) is 79.9 Å². The van der Waals surface area contributed by atoms with Gasteiger partial charge in [0.15, 0.2) is 17.1 Å². The van der Waals surface area contributed by atoms with E-state index >= 15 is 0 Å². The van der Waals surface area contributed by atoms with Crippen LogP contribution >= 0.6 is 0 Å². The molecule has 0 unspecified atom stereocenters. The molecule has 0 amide bonds. The van der Waals surface area contributed by atoms with E-state index in [-0.39, 0.29) is 5.75 Å². The fraction of sp³-hybridized carbons (Fsp3) is 0.0667. The minimum atomic E-state index is 0.0586. The number of phenolic OH excluding ortho intramolecular Hbond substituents is 1. The van der Waals surface area contributed by atoms with Crippen LogP contribution in [0.15, 0.2) is 52.0 Å². The first-order chi connectivity index (χ1) is 10.3. The van der Waals surface area contributed by atoms with Crippen LogP contribution < -0.4 is 10.2 Å². The first-order valence-electron chi connectivity index (χ1n) is 6.28. The molecule has 2 N–H and O–H groups in total. The molecule has 1 aromatic heterocycles. The SMILES string of the molecule is COc1ccc(/C=N\Nc2nc3ccccc3o2)cc1O. The van der Waals surface area contributed by atoms with Crippen LogP contribution in [-0.4, -0.2) is 23.4 Å². The normalized spacial score (nSPS) is 11.1. The summed E-state index contributed by atoms with van der Waals surface area (Å²) in [5.74, 6) is 0.474. The van der Waals surface area contributed by atoms with E-state index in [1.807, 2.05) is 24.3 Å². The Kier molecular flexibility index (Phi) is 3.42. The third-order valence-electron chi connectivity index (χ3n) is 2.87. The Morgan fingerprint density at radius 1 is 1.29 bits per heavy atom. The van der Waals surface area contributed by atoms with E-state index in [1.165, 1.54) is 7.11 Å². The summed E-state index contributed by atoms with van der Waals surface area (Å²) in [6.45, 7) is 0. The molecular formula is C15H13N3O3. The number of nitrogens with one attached hydrogen (secondary N) is 1. The molecule has 0 radical (unpaired) electrons. The molecular weight excluding hydrogens is 270 g/mol. The van der Waals surface area contributed by atoms with Crippen molar-refractivity contribution < 1.29 is 14.3 Å². The van der Waals surface area contributed by atoms with Crippen LogP contribution in [0.5, 0.6) is 11.5 Å². The zero-order valence-corrected chi connectivity index (χ0v) is 11.3. The third-order valence-corrected chi connectivity index (χ3v) is 2.87. The largest absolute Gasteiger partial charge is 0.504 e. The van der Waals surface area contributed by atoms with Crippen LogP contribution in [-0.2, 0) is 0 Å². The van der Waals surface area contributed by atoms with Gasteiger partial charge in [-0.05, 0) is 35.9 Å². The predicted octanol–water partition coefficient (Wildman–Crippen LogP) is 2.99.